The number of rotatable bonds is 4. The molecule has 1 saturated carbocycles. The van der Waals surface area contributed by atoms with Crippen LogP contribution in [0.5, 0.6) is 5.75 Å². The molecule has 3 rings (SSSR count). The number of nitrogens with zero attached hydrogens (tertiary/aromatic N) is 1. The zero-order chi connectivity index (χ0) is 18.4. The van der Waals surface area contributed by atoms with Gasteiger partial charge >= 0.3 is 6.09 Å². The number of amides is 2. The van der Waals surface area contributed by atoms with Crippen LogP contribution in [-0.4, -0.2) is 19.0 Å². The van der Waals surface area contributed by atoms with E-state index in [1.807, 2.05) is 30.3 Å². The first-order chi connectivity index (χ1) is 12.6. The highest BCUT2D eigenvalue weighted by Gasteiger charge is 2.21. The van der Waals surface area contributed by atoms with Gasteiger partial charge in [-0.05, 0) is 49.2 Å². The Labute approximate surface area is 154 Å². The van der Waals surface area contributed by atoms with Gasteiger partial charge in [-0.3, -0.25) is 9.69 Å². The summed E-state index contributed by atoms with van der Waals surface area (Å²) in [7, 11) is 1.66. The second kappa shape index (κ2) is 8.52. The summed E-state index contributed by atoms with van der Waals surface area (Å²) in [5.74, 6) is 0.632. The van der Waals surface area contributed by atoms with Crippen molar-refractivity contribution in [2.75, 3.05) is 17.3 Å². The minimum absolute atomic E-state index is 0.0817. The van der Waals surface area contributed by atoms with Gasteiger partial charge in [-0.2, -0.15) is 0 Å². The van der Waals surface area contributed by atoms with Crippen LogP contribution in [0.2, 0.25) is 0 Å². The van der Waals surface area contributed by atoms with Gasteiger partial charge in [-0.1, -0.05) is 37.5 Å². The van der Waals surface area contributed by atoms with Gasteiger partial charge in [0, 0.05) is 24.3 Å². The lowest BCUT2D eigenvalue weighted by molar-refractivity contribution is -0.120. The molecule has 5 heteroatoms. The minimum atomic E-state index is -0.463. The molecule has 0 heterocycles. The molecule has 1 N–H and O–H groups in total. The Balaban J connectivity index is 1.55. The summed E-state index contributed by atoms with van der Waals surface area (Å²) >= 11 is 0. The van der Waals surface area contributed by atoms with E-state index in [2.05, 4.69) is 5.32 Å². The molecule has 0 atom stereocenters. The molecule has 0 unspecified atom stereocenters. The highest BCUT2D eigenvalue weighted by atomic mass is 16.6. The summed E-state index contributed by atoms with van der Waals surface area (Å²) in [5.41, 5.74) is 1.48. The van der Waals surface area contributed by atoms with Crippen molar-refractivity contribution < 1.29 is 14.3 Å². The summed E-state index contributed by atoms with van der Waals surface area (Å²) in [6.45, 7) is 0. The van der Waals surface area contributed by atoms with E-state index in [0.29, 0.717) is 5.75 Å². The molecule has 5 nitrogen and oxygen atoms in total. The molecule has 0 bridgehead atoms. The lowest BCUT2D eigenvalue weighted by Crippen LogP contribution is -2.29. The van der Waals surface area contributed by atoms with E-state index >= 15 is 0 Å². The highest BCUT2D eigenvalue weighted by Crippen LogP contribution is 2.25. The monoisotopic (exact) mass is 352 g/mol. The summed E-state index contributed by atoms with van der Waals surface area (Å²) in [5, 5.41) is 2.95. The van der Waals surface area contributed by atoms with Gasteiger partial charge in [0.2, 0.25) is 5.91 Å². The average molecular weight is 352 g/mol. The van der Waals surface area contributed by atoms with Gasteiger partial charge in [0.1, 0.15) is 5.75 Å². The molecule has 2 amide bonds. The molecule has 0 aromatic heterocycles. The van der Waals surface area contributed by atoms with Crippen LogP contribution < -0.4 is 15.0 Å². The predicted molar refractivity (Wildman–Crippen MR) is 103 cm³/mol. The Morgan fingerprint density at radius 2 is 1.62 bits per heavy atom. The number of hydrogen-bond donors (Lipinski definition) is 1. The summed E-state index contributed by atoms with van der Waals surface area (Å²) in [4.78, 5) is 25.9. The van der Waals surface area contributed by atoms with Crippen molar-refractivity contribution in [1.82, 2.24) is 0 Å². The number of carbonyl (C=O) groups is 2. The fourth-order valence-electron chi connectivity index (χ4n) is 3.14. The van der Waals surface area contributed by atoms with Crippen molar-refractivity contribution in [2.24, 2.45) is 5.92 Å². The van der Waals surface area contributed by atoms with Crippen LogP contribution in [0.3, 0.4) is 0 Å². The molecule has 136 valence electrons. The van der Waals surface area contributed by atoms with Gasteiger partial charge in [0.25, 0.3) is 0 Å². The Morgan fingerprint density at radius 3 is 2.27 bits per heavy atom. The first kappa shape index (κ1) is 18.0. The fraction of sp³-hybridized carbons (Fsp3) is 0.333. The van der Waals surface area contributed by atoms with Crippen molar-refractivity contribution in [3.8, 4) is 5.75 Å². The van der Waals surface area contributed by atoms with Crippen LogP contribution in [0.25, 0.3) is 0 Å². The van der Waals surface area contributed by atoms with Crippen molar-refractivity contribution in [3.63, 3.8) is 0 Å². The molecule has 2 aromatic carbocycles. The predicted octanol–water partition coefficient (Wildman–Crippen LogP) is 4.84. The summed E-state index contributed by atoms with van der Waals surface area (Å²) < 4.78 is 5.38. The third kappa shape index (κ3) is 4.63. The number of hydrogen-bond acceptors (Lipinski definition) is 3. The maximum absolute atomic E-state index is 12.3. The first-order valence-corrected chi connectivity index (χ1v) is 9.05. The SMILES string of the molecule is CN(C(=O)Oc1ccc(NC(=O)C2CCCCC2)cc1)c1ccccc1. The van der Waals surface area contributed by atoms with E-state index < -0.39 is 6.09 Å². The number of anilines is 2. The Hall–Kier alpha value is -2.82. The van der Waals surface area contributed by atoms with Crippen LogP contribution in [0.15, 0.2) is 54.6 Å². The molecular weight excluding hydrogens is 328 g/mol. The minimum Gasteiger partial charge on any atom is -0.410 e. The third-order valence-electron chi connectivity index (χ3n) is 4.72. The van der Waals surface area contributed by atoms with Crippen LogP contribution in [-0.2, 0) is 4.79 Å². The molecule has 0 saturated heterocycles. The highest BCUT2D eigenvalue weighted by molar-refractivity contribution is 5.92. The van der Waals surface area contributed by atoms with E-state index in [-0.39, 0.29) is 11.8 Å². The Morgan fingerprint density at radius 1 is 0.962 bits per heavy atom. The number of carbonyl (C=O) groups excluding carboxylic acids is 2. The fourth-order valence-corrected chi connectivity index (χ4v) is 3.14. The van der Waals surface area contributed by atoms with Gasteiger partial charge < -0.3 is 10.1 Å². The maximum Gasteiger partial charge on any atom is 0.419 e. The van der Waals surface area contributed by atoms with E-state index in [9.17, 15) is 9.59 Å². The zero-order valence-electron chi connectivity index (χ0n) is 15.0. The lowest BCUT2D eigenvalue weighted by Gasteiger charge is -2.20. The second-order valence-corrected chi connectivity index (χ2v) is 6.61. The summed E-state index contributed by atoms with van der Waals surface area (Å²) in [6.07, 6.45) is 4.95. The molecule has 2 aromatic rings. The van der Waals surface area contributed by atoms with Gasteiger partial charge in [-0.15, -0.1) is 0 Å². The molecule has 0 radical (unpaired) electrons. The second-order valence-electron chi connectivity index (χ2n) is 6.61. The molecule has 1 aliphatic carbocycles. The molecule has 26 heavy (non-hydrogen) atoms. The molecule has 1 aliphatic rings. The lowest BCUT2D eigenvalue weighted by atomic mass is 9.88. The van der Waals surface area contributed by atoms with Crippen LogP contribution in [0.1, 0.15) is 32.1 Å². The Bertz CT molecular complexity index is 738. The van der Waals surface area contributed by atoms with Crippen LogP contribution in [0.4, 0.5) is 16.2 Å². The number of benzene rings is 2. The molecular formula is C21H24N2O3. The number of nitrogens with one attached hydrogen (secondary N) is 1. The smallest absolute Gasteiger partial charge is 0.410 e. The Kier molecular flexibility index (Phi) is 5.89. The van der Waals surface area contributed by atoms with Crippen LogP contribution >= 0.6 is 0 Å². The molecule has 0 aliphatic heterocycles. The maximum atomic E-state index is 12.3. The van der Waals surface area contributed by atoms with Gasteiger partial charge in [-0.25, -0.2) is 4.79 Å². The van der Waals surface area contributed by atoms with E-state index in [4.69, 9.17) is 4.74 Å². The van der Waals surface area contributed by atoms with E-state index in [0.717, 1.165) is 37.1 Å². The molecule has 0 spiro atoms. The number of para-hydroxylation sites is 1. The average Bonchev–Trinajstić information content (AvgIpc) is 2.70. The summed E-state index contributed by atoms with van der Waals surface area (Å²) in [6, 6.07) is 16.2. The first-order valence-electron chi connectivity index (χ1n) is 9.05. The van der Waals surface area contributed by atoms with Crippen molar-refractivity contribution in [3.05, 3.63) is 54.6 Å². The van der Waals surface area contributed by atoms with Crippen LogP contribution in [0, 0.1) is 5.92 Å². The van der Waals surface area contributed by atoms with Gasteiger partial charge in [0.05, 0.1) is 0 Å². The van der Waals surface area contributed by atoms with Crippen molar-refractivity contribution >= 4 is 23.4 Å². The normalized spacial score (nSPS) is 14.5. The van der Waals surface area contributed by atoms with Crippen molar-refractivity contribution in [2.45, 2.75) is 32.1 Å². The number of ether oxygens (including phenoxy) is 1. The van der Waals surface area contributed by atoms with E-state index in [1.54, 1.807) is 31.3 Å². The van der Waals surface area contributed by atoms with Gasteiger partial charge in [0.15, 0.2) is 0 Å². The quantitative estimate of drug-likeness (QED) is 0.856. The topological polar surface area (TPSA) is 58.6 Å². The third-order valence-corrected chi connectivity index (χ3v) is 4.72. The zero-order valence-corrected chi connectivity index (χ0v) is 15.0. The van der Waals surface area contributed by atoms with E-state index in [1.165, 1.54) is 11.3 Å². The largest absolute Gasteiger partial charge is 0.419 e. The standard InChI is InChI=1S/C21H24N2O3/c1-23(18-10-6-3-7-11-18)21(25)26-19-14-12-17(13-15-19)22-20(24)16-8-4-2-5-9-16/h3,6-7,10-16H,2,4-5,8-9H2,1H3,(H,22,24). The van der Waals surface area contributed by atoms with Crippen molar-refractivity contribution in [1.29, 1.82) is 0 Å². The molecule has 1 fully saturated rings.